The van der Waals surface area contributed by atoms with Crippen LogP contribution in [0.25, 0.3) is 0 Å². The first-order chi connectivity index (χ1) is 12.5. The average molecular weight is 372 g/mol. The second-order valence-electron chi connectivity index (χ2n) is 6.55. The van der Waals surface area contributed by atoms with Crippen LogP contribution in [0.3, 0.4) is 0 Å². The molecule has 0 saturated carbocycles. The van der Waals surface area contributed by atoms with Gasteiger partial charge >= 0.3 is 5.97 Å². The molecule has 0 unspecified atom stereocenters. The third-order valence-corrected chi connectivity index (χ3v) is 5.82. The molecule has 0 amide bonds. The summed E-state index contributed by atoms with van der Waals surface area (Å²) in [6.07, 6.45) is 4.36. The Hall–Kier alpha value is -1.89. The molecule has 26 heavy (non-hydrogen) atoms. The number of aliphatic carboxylic acids is 1. The predicted octanol–water partition coefficient (Wildman–Crippen LogP) is 3.30. The average Bonchev–Trinajstić information content (AvgIpc) is 2.66. The Labute approximate surface area is 158 Å². The first kappa shape index (κ1) is 18.9. The van der Waals surface area contributed by atoms with Crippen LogP contribution in [0, 0.1) is 0 Å². The molecule has 138 valence electrons. The number of nitrogens with zero attached hydrogens (tertiary/aromatic N) is 2. The molecule has 2 aromatic rings. The van der Waals surface area contributed by atoms with Crippen molar-refractivity contribution in [3.05, 3.63) is 59.9 Å². The molecule has 0 bridgehead atoms. The van der Waals surface area contributed by atoms with Gasteiger partial charge in [-0.15, -0.1) is 11.8 Å². The fourth-order valence-corrected chi connectivity index (χ4v) is 4.16. The van der Waals surface area contributed by atoms with Crippen molar-refractivity contribution in [3.8, 4) is 0 Å². The number of aromatic nitrogens is 1. The SMILES string of the molecule is CCSc1ccc([C@H](C(=O)O)N2CCC(O)(c3cccnc3)CC2)cc1. The van der Waals surface area contributed by atoms with Gasteiger partial charge in [0.1, 0.15) is 6.04 Å². The van der Waals surface area contributed by atoms with Gasteiger partial charge in [-0.1, -0.05) is 25.1 Å². The van der Waals surface area contributed by atoms with Gasteiger partial charge in [-0.2, -0.15) is 0 Å². The zero-order chi connectivity index (χ0) is 18.6. The Morgan fingerprint density at radius 3 is 2.50 bits per heavy atom. The lowest BCUT2D eigenvalue weighted by molar-refractivity contribution is -0.146. The molecule has 2 heterocycles. The van der Waals surface area contributed by atoms with Crippen LogP contribution in [0.5, 0.6) is 0 Å². The molecule has 3 rings (SSSR count). The van der Waals surface area contributed by atoms with E-state index < -0.39 is 17.6 Å². The van der Waals surface area contributed by atoms with Crippen LogP contribution in [-0.2, 0) is 10.4 Å². The second kappa shape index (κ2) is 8.20. The summed E-state index contributed by atoms with van der Waals surface area (Å²) in [5, 5.41) is 20.7. The van der Waals surface area contributed by atoms with E-state index in [0.29, 0.717) is 25.9 Å². The maximum atomic E-state index is 11.9. The summed E-state index contributed by atoms with van der Waals surface area (Å²) >= 11 is 1.74. The van der Waals surface area contributed by atoms with Crippen molar-refractivity contribution in [1.82, 2.24) is 9.88 Å². The molecule has 1 aromatic heterocycles. The van der Waals surface area contributed by atoms with Gasteiger partial charge in [-0.05, 0) is 42.4 Å². The highest BCUT2D eigenvalue weighted by Crippen LogP contribution is 2.36. The normalized spacial score (nSPS) is 18.4. The van der Waals surface area contributed by atoms with Crippen LogP contribution in [-0.4, -0.2) is 44.9 Å². The van der Waals surface area contributed by atoms with E-state index in [-0.39, 0.29) is 0 Å². The summed E-state index contributed by atoms with van der Waals surface area (Å²) in [6.45, 7) is 3.14. The van der Waals surface area contributed by atoms with Crippen molar-refractivity contribution < 1.29 is 15.0 Å². The summed E-state index contributed by atoms with van der Waals surface area (Å²) < 4.78 is 0. The van der Waals surface area contributed by atoms with Crippen molar-refractivity contribution in [2.24, 2.45) is 0 Å². The van der Waals surface area contributed by atoms with Gasteiger partial charge in [0.2, 0.25) is 0 Å². The Kier molecular flexibility index (Phi) is 5.96. The number of rotatable bonds is 6. The molecule has 1 aliphatic heterocycles. The van der Waals surface area contributed by atoms with E-state index in [9.17, 15) is 15.0 Å². The van der Waals surface area contributed by atoms with Crippen LogP contribution in [0.4, 0.5) is 0 Å². The summed E-state index contributed by atoms with van der Waals surface area (Å²) in [5.74, 6) is 0.133. The highest BCUT2D eigenvalue weighted by Gasteiger charge is 2.38. The number of carbonyl (C=O) groups is 1. The van der Waals surface area contributed by atoms with Crippen molar-refractivity contribution >= 4 is 17.7 Å². The molecule has 0 spiro atoms. The van der Waals surface area contributed by atoms with Gasteiger partial charge in [0.25, 0.3) is 0 Å². The largest absolute Gasteiger partial charge is 0.480 e. The molecule has 0 radical (unpaired) electrons. The van der Waals surface area contributed by atoms with Crippen LogP contribution < -0.4 is 0 Å². The third-order valence-electron chi connectivity index (χ3n) is 4.93. The topological polar surface area (TPSA) is 73.7 Å². The maximum absolute atomic E-state index is 11.9. The number of hydrogen-bond donors (Lipinski definition) is 2. The van der Waals surface area contributed by atoms with Gasteiger partial charge in [-0.3, -0.25) is 14.7 Å². The molecule has 6 heteroatoms. The summed E-state index contributed by atoms with van der Waals surface area (Å²) in [5.41, 5.74) is 0.646. The Bertz CT molecular complexity index is 728. The molecule has 5 nitrogen and oxygen atoms in total. The second-order valence-corrected chi connectivity index (χ2v) is 7.89. The minimum atomic E-state index is -0.935. The first-order valence-electron chi connectivity index (χ1n) is 8.86. The standard InChI is InChI=1S/C20H24N2O3S/c1-2-26-17-7-5-15(6-8-17)18(19(23)24)22-12-9-20(25,10-13-22)16-4-3-11-21-14-16/h3-8,11,14,18,25H,2,9-10,12-13H2,1H3,(H,23,24)/t18-/m1/s1. The summed E-state index contributed by atoms with van der Waals surface area (Å²) in [7, 11) is 0. The van der Waals surface area contributed by atoms with Crippen molar-refractivity contribution in [2.45, 2.75) is 36.3 Å². The van der Waals surface area contributed by atoms with Gasteiger partial charge in [0, 0.05) is 35.9 Å². The van der Waals surface area contributed by atoms with Gasteiger partial charge in [0.15, 0.2) is 0 Å². The number of thioether (sulfide) groups is 1. The van der Waals surface area contributed by atoms with Crippen LogP contribution >= 0.6 is 11.8 Å². The molecule has 1 atom stereocenters. The van der Waals surface area contributed by atoms with Crippen molar-refractivity contribution in [3.63, 3.8) is 0 Å². The molecular weight excluding hydrogens is 348 g/mol. The lowest BCUT2D eigenvalue weighted by Gasteiger charge is -2.40. The highest BCUT2D eigenvalue weighted by atomic mass is 32.2. The van der Waals surface area contributed by atoms with Crippen LogP contribution in [0.15, 0.2) is 53.7 Å². The lowest BCUT2D eigenvalue weighted by atomic mass is 9.84. The summed E-state index contributed by atoms with van der Waals surface area (Å²) in [6, 6.07) is 10.8. The molecular formula is C20H24N2O3S. The van der Waals surface area contributed by atoms with E-state index in [0.717, 1.165) is 21.8 Å². The van der Waals surface area contributed by atoms with Gasteiger partial charge < -0.3 is 10.2 Å². The van der Waals surface area contributed by atoms with E-state index in [1.807, 2.05) is 41.3 Å². The van der Waals surface area contributed by atoms with Crippen molar-refractivity contribution in [1.29, 1.82) is 0 Å². The molecule has 1 fully saturated rings. The fraction of sp³-hybridized carbons (Fsp3) is 0.400. The van der Waals surface area contributed by atoms with E-state index in [1.54, 1.807) is 24.2 Å². The van der Waals surface area contributed by atoms with Gasteiger partial charge in [-0.25, -0.2) is 0 Å². The quantitative estimate of drug-likeness (QED) is 0.758. The first-order valence-corrected chi connectivity index (χ1v) is 9.84. The number of hydrogen-bond acceptors (Lipinski definition) is 5. The van der Waals surface area contributed by atoms with Crippen molar-refractivity contribution in [2.75, 3.05) is 18.8 Å². The number of benzene rings is 1. The zero-order valence-electron chi connectivity index (χ0n) is 14.8. The van der Waals surface area contributed by atoms with Crippen LogP contribution in [0.1, 0.15) is 36.9 Å². The molecule has 2 N–H and O–H groups in total. The lowest BCUT2D eigenvalue weighted by Crippen LogP contribution is -2.46. The molecule has 1 aromatic carbocycles. The maximum Gasteiger partial charge on any atom is 0.325 e. The van der Waals surface area contributed by atoms with Gasteiger partial charge in [0.05, 0.1) is 5.60 Å². The number of pyridine rings is 1. The minimum absolute atomic E-state index is 0.492. The number of piperidine rings is 1. The molecule has 1 aliphatic rings. The van der Waals surface area contributed by atoms with E-state index in [4.69, 9.17) is 0 Å². The van der Waals surface area contributed by atoms with E-state index >= 15 is 0 Å². The smallest absolute Gasteiger partial charge is 0.325 e. The van der Waals surface area contributed by atoms with E-state index in [2.05, 4.69) is 11.9 Å². The predicted molar refractivity (Wildman–Crippen MR) is 102 cm³/mol. The minimum Gasteiger partial charge on any atom is -0.480 e. The third kappa shape index (κ3) is 4.09. The van der Waals surface area contributed by atoms with E-state index in [1.165, 1.54) is 0 Å². The molecule has 1 saturated heterocycles. The zero-order valence-corrected chi connectivity index (χ0v) is 15.7. The Balaban J connectivity index is 1.73. The summed E-state index contributed by atoms with van der Waals surface area (Å²) in [4.78, 5) is 19.1. The Morgan fingerprint density at radius 2 is 1.96 bits per heavy atom. The molecule has 0 aliphatic carbocycles. The number of carboxylic acid groups (broad SMARTS) is 1. The fourth-order valence-electron chi connectivity index (χ4n) is 3.50. The highest BCUT2D eigenvalue weighted by molar-refractivity contribution is 7.99. The number of carboxylic acids is 1. The monoisotopic (exact) mass is 372 g/mol. The Morgan fingerprint density at radius 1 is 1.27 bits per heavy atom. The number of likely N-dealkylation sites (tertiary alicyclic amines) is 1. The number of aliphatic hydroxyl groups is 1. The van der Waals surface area contributed by atoms with Crippen LogP contribution in [0.2, 0.25) is 0 Å².